The molecule has 3 nitrogen and oxygen atoms in total. The molecule has 2 rings (SSSR count). The lowest BCUT2D eigenvalue weighted by Crippen LogP contribution is -2.38. The molecule has 1 unspecified atom stereocenters. The molecule has 0 saturated carbocycles. The summed E-state index contributed by atoms with van der Waals surface area (Å²) in [6, 6.07) is 12.3. The van der Waals surface area contributed by atoms with Crippen molar-refractivity contribution >= 4 is 17.5 Å². The van der Waals surface area contributed by atoms with Gasteiger partial charge in [-0.15, -0.1) is 0 Å². The van der Waals surface area contributed by atoms with Crippen LogP contribution in [-0.4, -0.2) is 21.4 Å². The molecule has 0 N–H and O–H groups in total. The van der Waals surface area contributed by atoms with Gasteiger partial charge in [0.05, 0.1) is 6.54 Å². The Bertz CT molecular complexity index is 695. The van der Waals surface area contributed by atoms with Crippen LogP contribution in [0.15, 0.2) is 42.6 Å². The summed E-state index contributed by atoms with van der Waals surface area (Å²) < 4.78 is 2.19. The van der Waals surface area contributed by atoms with Crippen LogP contribution in [0.3, 0.4) is 0 Å². The number of hydrogen-bond acceptors (Lipinski definition) is 1. The van der Waals surface area contributed by atoms with Crippen molar-refractivity contribution in [1.82, 2.24) is 9.47 Å². The average molecular weight is 375 g/mol. The maximum absolute atomic E-state index is 12.8. The van der Waals surface area contributed by atoms with E-state index in [2.05, 4.69) is 43.7 Å². The minimum atomic E-state index is 0.243. The van der Waals surface area contributed by atoms with Crippen LogP contribution >= 0.6 is 11.6 Å². The number of carbonyl (C=O) groups is 1. The first-order valence-electron chi connectivity index (χ1n) is 9.73. The van der Waals surface area contributed by atoms with E-state index in [0.717, 1.165) is 48.5 Å². The van der Waals surface area contributed by atoms with Gasteiger partial charge in [0.15, 0.2) is 0 Å². The molecule has 4 heteroatoms. The maximum Gasteiger partial charge on any atom is 0.223 e. The molecular formula is C22H31ClN2O. The molecule has 1 heterocycles. The van der Waals surface area contributed by atoms with Crippen LogP contribution in [0.1, 0.15) is 64.1 Å². The van der Waals surface area contributed by atoms with Crippen LogP contribution in [-0.2, 0) is 17.9 Å². The summed E-state index contributed by atoms with van der Waals surface area (Å²) in [5, 5.41) is 0.779. The van der Waals surface area contributed by atoms with Crippen LogP contribution in [0.2, 0.25) is 5.02 Å². The van der Waals surface area contributed by atoms with Gasteiger partial charge in [0.1, 0.15) is 0 Å². The summed E-state index contributed by atoms with van der Waals surface area (Å²) >= 11 is 6.32. The van der Waals surface area contributed by atoms with Crippen LogP contribution < -0.4 is 0 Å². The summed E-state index contributed by atoms with van der Waals surface area (Å²) in [5.41, 5.74) is 2.24. The highest BCUT2D eigenvalue weighted by Gasteiger charge is 2.20. The van der Waals surface area contributed by atoms with Gasteiger partial charge in [-0.2, -0.15) is 0 Å². The Labute approximate surface area is 163 Å². The third-order valence-electron chi connectivity index (χ3n) is 4.99. The largest absolute Gasteiger partial charge is 0.345 e. The molecule has 0 aliphatic rings. The summed E-state index contributed by atoms with van der Waals surface area (Å²) in [6.07, 6.45) is 6.90. The van der Waals surface area contributed by atoms with E-state index in [4.69, 9.17) is 11.6 Å². The van der Waals surface area contributed by atoms with Gasteiger partial charge in [0.2, 0.25) is 5.91 Å². The molecular weight excluding hydrogens is 344 g/mol. The molecule has 0 spiro atoms. The molecule has 0 fully saturated rings. The zero-order valence-electron chi connectivity index (χ0n) is 16.2. The lowest BCUT2D eigenvalue weighted by Gasteiger charge is -2.29. The van der Waals surface area contributed by atoms with Crippen molar-refractivity contribution in [2.75, 3.05) is 0 Å². The number of amides is 1. The van der Waals surface area contributed by atoms with Crippen LogP contribution in [0.25, 0.3) is 0 Å². The number of unbranched alkanes of at least 4 members (excludes halogenated alkanes) is 2. The first-order valence-corrected chi connectivity index (χ1v) is 10.1. The predicted molar refractivity (Wildman–Crippen MR) is 109 cm³/mol. The van der Waals surface area contributed by atoms with Crippen LogP contribution in [0.5, 0.6) is 0 Å². The molecule has 2 aromatic rings. The van der Waals surface area contributed by atoms with Gasteiger partial charge in [-0.25, -0.2) is 0 Å². The summed E-state index contributed by atoms with van der Waals surface area (Å²) in [5.74, 6) is 0.262. The van der Waals surface area contributed by atoms with Gasteiger partial charge < -0.3 is 9.47 Å². The number of halogens is 1. The molecule has 0 saturated heterocycles. The fraction of sp³-hybridized carbons (Fsp3) is 0.500. The first kappa shape index (κ1) is 20.6. The van der Waals surface area contributed by atoms with E-state index < -0.39 is 0 Å². The fourth-order valence-electron chi connectivity index (χ4n) is 3.11. The standard InChI is InChI=1S/C22H31ClN2O/c1-4-6-7-14-22(26)25(18(3)5-2)17-20-12-10-15-24(20)16-19-11-8-9-13-21(19)23/h8-13,15,18H,4-7,14,16-17H2,1-3H3. The lowest BCUT2D eigenvalue weighted by molar-refractivity contribution is -0.134. The number of hydrogen-bond donors (Lipinski definition) is 0. The molecule has 142 valence electrons. The number of nitrogens with zero attached hydrogens (tertiary/aromatic N) is 2. The second-order valence-electron chi connectivity index (χ2n) is 6.95. The number of benzene rings is 1. The Balaban J connectivity index is 2.12. The van der Waals surface area contributed by atoms with E-state index in [1.807, 2.05) is 29.2 Å². The average Bonchev–Trinajstić information content (AvgIpc) is 3.08. The molecule has 0 aliphatic heterocycles. The van der Waals surface area contributed by atoms with Gasteiger partial charge in [-0.1, -0.05) is 56.5 Å². The normalized spacial score (nSPS) is 12.2. The predicted octanol–water partition coefficient (Wildman–Crippen LogP) is 5.90. The van der Waals surface area contributed by atoms with Gasteiger partial charge in [0.25, 0.3) is 0 Å². The lowest BCUT2D eigenvalue weighted by atomic mass is 10.1. The Morgan fingerprint density at radius 1 is 1.15 bits per heavy atom. The van der Waals surface area contributed by atoms with Crippen molar-refractivity contribution in [2.45, 2.75) is 72.0 Å². The van der Waals surface area contributed by atoms with Crippen LogP contribution in [0, 0.1) is 0 Å². The van der Waals surface area contributed by atoms with E-state index >= 15 is 0 Å². The van der Waals surface area contributed by atoms with Crippen molar-refractivity contribution in [3.63, 3.8) is 0 Å². The SMILES string of the molecule is CCCCCC(=O)N(Cc1cccn1Cc1ccccc1Cl)C(C)CC. The zero-order valence-corrected chi connectivity index (χ0v) is 17.0. The maximum atomic E-state index is 12.8. The minimum absolute atomic E-state index is 0.243. The highest BCUT2D eigenvalue weighted by atomic mass is 35.5. The van der Waals surface area contributed by atoms with Crippen molar-refractivity contribution in [3.05, 3.63) is 58.9 Å². The highest BCUT2D eigenvalue weighted by Crippen LogP contribution is 2.19. The smallest absolute Gasteiger partial charge is 0.223 e. The van der Waals surface area contributed by atoms with Crippen molar-refractivity contribution in [1.29, 1.82) is 0 Å². The topological polar surface area (TPSA) is 25.2 Å². The zero-order chi connectivity index (χ0) is 18.9. The molecule has 1 aromatic carbocycles. The Hall–Kier alpha value is -1.74. The van der Waals surface area contributed by atoms with Gasteiger partial charge in [-0.05, 0) is 43.5 Å². The molecule has 1 atom stereocenters. The highest BCUT2D eigenvalue weighted by molar-refractivity contribution is 6.31. The van der Waals surface area contributed by atoms with E-state index in [9.17, 15) is 4.79 Å². The van der Waals surface area contributed by atoms with Crippen molar-refractivity contribution in [2.24, 2.45) is 0 Å². The van der Waals surface area contributed by atoms with E-state index in [-0.39, 0.29) is 11.9 Å². The van der Waals surface area contributed by atoms with E-state index in [1.165, 1.54) is 0 Å². The molecule has 0 aliphatic carbocycles. The molecule has 26 heavy (non-hydrogen) atoms. The number of aromatic nitrogens is 1. The quantitative estimate of drug-likeness (QED) is 0.475. The Morgan fingerprint density at radius 3 is 2.62 bits per heavy atom. The molecule has 1 aromatic heterocycles. The molecule has 1 amide bonds. The van der Waals surface area contributed by atoms with Crippen molar-refractivity contribution in [3.8, 4) is 0 Å². The van der Waals surface area contributed by atoms with Gasteiger partial charge in [0, 0.05) is 35.9 Å². The second kappa shape index (κ2) is 10.4. The minimum Gasteiger partial charge on any atom is -0.345 e. The third kappa shape index (κ3) is 5.63. The fourth-order valence-corrected chi connectivity index (χ4v) is 3.31. The Kier molecular flexibility index (Phi) is 8.24. The number of carbonyl (C=O) groups excluding carboxylic acids is 1. The Morgan fingerprint density at radius 2 is 1.92 bits per heavy atom. The second-order valence-corrected chi connectivity index (χ2v) is 7.36. The van der Waals surface area contributed by atoms with E-state index in [1.54, 1.807) is 0 Å². The van der Waals surface area contributed by atoms with Crippen LogP contribution in [0.4, 0.5) is 0 Å². The summed E-state index contributed by atoms with van der Waals surface area (Å²) in [4.78, 5) is 14.8. The summed E-state index contributed by atoms with van der Waals surface area (Å²) in [6.45, 7) is 7.81. The first-order chi connectivity index (χ1) is 12.6. The molecule has 0 radical (unpaired) electrons. The van der Waals surface area contributed by atoms with Gasteiger partial charge in [-0.3, -0.25) is 4.79 Å². The summed E-state index contributed by atoms with van der Waals surface area (Å²) in [7, 11) is 0. The van der Waals surface area contributed by atoms with Crippen molar-refractivity contribution < 1.29 is 4.79 Å². The third-order valence-corrected chi connectivity index (χ3v) is 5.36. The number of rotatable bonds is 10. The van der Waals surface area contributed by atoms with E-state index in [0.29, 0.717) is 13.0 Å². The van der Waals surface area contributed by atoms with Gasteiger partial charge >= 0.3 is 0 Å². The monoisotopic (exact) mass is 374 g/mol. The molecule has 0 bridgehead atoms.